The van der Waals surface area contributed by atoms with Gasteiger partial charge in [-0.3, -0.25) is 4.79 Å². The van der Waals surface area contributed by atoms with Crippen LogP contribution in [0.25, 0.3) is 10.9 Å². The summed E-state index contributed by atoms with van der Waals surface area (Å²) in [5.41, 5.74) is 3.09. The third-order valence-corrected chi connectivity index (χ3v) is 4.63. The predicted octanol–water partition coefficient (Wildman–Crippen LogP) is 4.05. The molecule has 2 nitrogen and oxygen atoms in total. The van der Waals surface area contributed by atoms with Crippen LogP contribution in [0.3, 0.4) is 0 Å². The van der Waals surface area contributed by atoms with Crippen LogP contribution in [-0.4, -0.2) is 10.8 Å². The number of H-pyrrole nitrogens is 1. The van der Waals surface area contributed by atoms with E-state index in [1.54, 1.807) is 0 Å². The summed E-state index contributed by atoms with van der Waals surface area (Å²) in [5.74, 6) is 0.250. The Bertz CT molecular complexity index is 603. The first-order chi connectivity index (χ1) is 7.68. The van der Waals surface area contributed by atoms with Crippen molar-refractivity contribution in [3.8, 4) is 0 Å². The van der Waals surface area contributed by atoms with Gasteiger partial charge in [-0.1, -0.05) is 0 Å². The second kappa shape index (κ2) is 3.84. The van der Waals surface area contributed by atoms with Gasteiger partial charge < -0.3 is 4.98 Å². The van der Waals surface area contributed by atoms with Crippen molar-refractivity contribution in [3.63, 3.8) is 0 Å². The molecule has 0 amide bonds. The highest BCUT2D eigenvalue weighted by Crippen LogP contribution is 2.35. The van der Waals surface area contributed by atoms with Crippen LogP contribution < -0.4 is 0 Å². The number of halogens is 2. The zero-order chi connectivity index (χ0) is 11.3. The van der Waals surface area contributed by atoms with Crippen molar-refractivity contribution < 1.29 is 4.79 Å². The molecule has 4 heteroatoms. The highest BCUT2D eigenvalue weighted by molar-refractivity contribution is 14.1. The number of fused-ring (bicyclic) bond motifs is 3. The van der Waals surface area contributed by atoms with Crippen molar-refractivity contribution in [2.75, 3.05) is 0 Å². The van der Waals surface area contributed by atoms with Crippen LogP contribution in [-0.2, 0) is 6.42 Å². The number of nitrogens with one attached hydrogen (secondary N) is 1. The predicted molar refractivity (Wildman–Crippen MR) is 76.0 cm³/mol. The lowest BCUT2D eigenvalue weighted by atomic mass is 9.95. The standard InChI is InChI=1S/C12H9BrINO/c13-7-4-5-8(14)10-6-2-1-3-9(16)11(6)15-12(7)10/h4-5,15H,1-3H2. The molecular formula is C12H9BrINO. The molecule has 3 rings (SSSR count). The smallest absolute Gasteiger partial charge is 0.179 e. The normalized spacial score (nSPS) is 15.5. The number of aromatic nitrogens is 1. The highest BCUT2D eigenvalue weighted by atomic mass is 127. The lowest BCUT2D eigenvalue weighted by Gasteiger charge is -2.09. The van der Waals surface area contributed by atoms with E-state index in [1.807, 2.05) is 6.07 Å². The van der Waals surface area contributed by atoms with E-state index in [-0.39, 0.29) is 5.78 Å². The molecule has 1 aliphatic rings. The molecule has 1 aromatic carbocycles. The zero-order valence-corrected chi connectivity index (χ0v) is 12.2. The molecule has 0 fully saturated rings. The third kappa shape index (κ3) is 1.46. The number of carbonyl (C=O) groups is 1. The lowest BCUT2D eigenvalue weighted by molar-refractivity contribution is 0.0968. The molecule has 1 aromatic heterocycles. The quantitative estimate of drug-likeness (QED) is 0.677. The number of hydrogen-bond acceptors (Lipinski definition) is 1. The maximum atomic E-state index is 11.8. The van der Waals surface area contributed by atoms with E-state index >= 15 is 0 Å². The second-order valence-corrected chi connectivity index (χ2v) is 6.05. The van der Waals surface area contributed by atoms with Gasteiger partial charge in [0.2, 0.25) is 0 Å². The molecule has 16 heavy (non-hydrogen) atoms. The molecule has 0 atom stereocenters. The Morgan fingerprint density at radius 1 is 1.31 bits per heavy atom. The SMILES string of the molecule is O=C1CCCc2c1[nH]c1c(Br)ccc(I)c21. The molecular weight excluding hydrogens is 381 g/mol. The Balaban J connectivity index is 2.45. The number of ketones is 1. The highest BCUT2D eigenvalue weighted by Gasteiger charge is 2.23. The van der Waals surface area contributed by atoms with Crippen molar-refractivity contribution in [3.05, 3.63) is 31.4 Å². The average Bonchev–Trinajstić information content (AvgIpc) is 2.66. The van der Waals surface area contributed by atoms with Crippen LogP contribution in [0.4, 0.5) is 0 Å². The number of rotatable bonds is 0. The third-order valence-electron chi connectivity index (χ3n) is 3.07. The largest absolute Gasteiger partial charge is 0.351 e. The van der Waals surface area contributed by atoms with Crippen LogP contribution in [0.15, 0.2) is 16.6 Å². The monoisotopic (exact) mass is 389 g/mol. The fourth-order valence-electron chi connectivity index (χ4n) is 2.33. The summed E-state index contributed by atoms with van der Waals surface area (Å²) < 4.78 is 2.24. The fourth-order valence-corrected chi connectivity index (χ4v) is 3.54. The molecule has 1 N–H and O–H groups in total. The second-order valence-electron chi connectivity index (χ2n) is 4.03. The van der Waals surface area contributed by atoms with E-state index < -0.39 is 0 Å². The van der Waals surface area contributed by atoms with Gasteiger partial charge in [-0.05, 0) is 69.1 Å². The maximum Gasteiger partial charge on any atom is 0.179 e. The summed E-state index contributed by atoms with van der Waals surface area (Å²) in [4.78, 5) is 15.1. The first-order valence-electron chi connectivity index (χ1n) is 5.20. The van der Waals surface area contributed by atoms with E-state index in [1.165, 1.54) is 14.5 Å². The van der Waals surface area contributed by atoms with E-state index in [2.05, 4.69) is 49.6 Å². The van der Waals surface area contributed by atoms with Crippen molar-refractivity contribution in [1.29, 1.82) is 0 Å². The van der Waals surface area contributed by atoms with E-state index in [0.717, 1.165) is 28.5 Å². The first-order valence-corrected chi connectivity index (χ1v) is 7.07. The first kappa shape index (κ1) is 10.8. The average molecular weight is 390 g/mol. The Morgan fingerprint density at radius 3 is 2.94 bits per heavy atom. The minimum Gasteiger partial charge on any atom is -0.351 e. The van der Waals surface area contributed by atoms with Gasteiger partial charge in [-0.2, -0.15) is 0 Å². The summed E-state index contributed by atoms with van der Waals surface area (Å²) in [7, 11) is 0. The number of benzene rings is 1. The van der Waals surface area contributed by atoms with Gasteiger partial charge in [0.1, 0.15) is 0 Å². The number of aryl methyl sites for hydroxylation is 1. The topological polar surface area (TPSA) is 32.9 Å². The van der Waals surface area contributed by atoms with Gasteiger partial charge in [0.25, 0.3) is 0 Å². The van der Waals surface area contributed by atoms with Gasteiger partial charge in [0.05, 0.1) is 11.2 Å². The number of Topliss-reactive ketones (excluding diaryl/α,β-unsaturated/α-hetero) is 1. The van der Waals surface area contributed by atoms with Gasteiger partial charge >= 0.3 is 0 Å². The summed E-state index contributed by atoms with van der Waals surface area (Å²) in [5, 5.41) is 1.22. The van der Waals surface area contributed by atoms with Gasteiger partial charge in [0.15, 0.2) is 5.78 Å². The van der Waals surface area contributed by atoms with Crippen LogP contribution in [0.5, 0.6) is 0 Å². The molecule has 2 aromatic rings. The fraction of sp³-hybridized carbons (Fsp3) is 0.250. The zero-order valence-electron chi connectivity index (χ0n) is 8.44. The van der Waals surface area contributed by atoms with Crippen LogP contribution >= 0.6 is 38.5 Å². The van der Waals surface area contributed by atoms with Gasteiger partial charge in [-0.15, -0.1) is 0 Å². The Labute approximate surface area is 115 Å². The van der Waals surface area contributed by atoms with Crippen molar-refractivity contribution >= 4 is 55.2 Å². The molecule has 82 valence electrons. The van der Waals surface area contributed by atoms with Crippen molar-refractivity contribution in [1.82, 2.24) is 4.98 Å². The molecule has 0 saturated heterocycles. The van der Waals surface area contributed by atoms with Crippen LogP contribution in [0, 0.1) is 3.57 Å². The van der Waals surface area contributed by atoms with Gasteiger partial charge in [-0.25, -0.2) is 0 Å². The van der Waals surface area contributed by atoms with Crippen molar-refractivity contribution in [2.24, 2.45) is 0 Å². The molecule has 1 aliphatic carbocycles. The number of carbonyl (C=O) groups excluding carboxylic acids is 1. The van der Waals surface area contributed by atoms with E-state index in [9.17, 15) is 4.79 Å². The van der Waals surface area contributed by atoms with Crippen LogP contribution in [0.2, 0.25) is 0 Å². The molecule has 1 heterocycles. The lowest BCUT2D eigenvalue weighted by Crippen LogP contribution is -2.09. The maximum absolute atomic E-state index is 11.8. The Kier molecular flexibility index (Phi) is 2.58. The molecule has 0 radical (unpaired) electrons. The summed E-state index contributed by atoms with van der Waals surface area (Å²) in [6, 6.07) is 4.11. The minimum atomic E-state index is 0.250. The Hall–Kier alpha value is -0.360. The van der Waals surface area contributed by atoms with E-state index in [0.29, 0.717) is 6.42 Å². The molecule has 0 spiro atoms. The summed E-state index contributed by atoms with van der Waals surface area (Å²) >= 11 is 5.86. The number of aromatic amines is 1. The molecule has 0 unspecified atom stereocenters. The minimum absolute atomic E-state index is 0.250. The van der Waals surface area contributed by atoms with Gasteiger partial charge in [0, 0.05) is 19.8 Å². The molecule has 0 saturated carbocycles. The summed E-state index contributed by atoms with van der Waals surface area (Å²) in [6.45, 7) is 0. The summed E-state index contributed by atoms with van der Waals surface area (Å²) in [6.07, 6.45) is 2.66. The van der Waals surface area contributed by atoms with Crippen molar-refractivity contribution in [2.45, 2.75) is 19.3 Å². The molecule has 0 bridgehead atoms. The van der Waals surface area contributed by atoms with Crippen LogP contribution in [0.1, 0.15) is 28.9 Å². The molecule has 0 aliphatic heterocycles. The number of hydrogen-bond donors (Lipinski definition) is 1. The Morgan fingerprint density at radius 2 is 2.12 bits per heavy atom. The van der Waals surface area contributed by atoms with E-state index in [4.69, 9.17) is 0 Å².